The monoisotopic (exact) mass is 752 g/mol. The first-order valence-corrected chi connectivity index (χ1v) is 17.5. The van der Waals surface area contributed by atoms with E-state index >= 15 is 0 Å². The Labute approximate surface area is 309 Å². The average molecular weight is 753 g/mol. The van der Waals surface area contributed by atoms with Crippen molar-refractivity contribution in [3.05, 3.63) is 101 Å². The number of fused-ring (bicyclic) bond motifs is 1. The summed E-state index contributed by atoms with van der Waals surface area (Å²) in [7, 11) is 0. The number of phenolic OH excluding ortho intramolecular Hbond substituents is 2. The zero-order valence-electron chi connectivity index (χ0n) is 28.1. The van der Waals surface area contributed by atoms with Crippen LogP contribution in [0.25, 0.3) is 20.5 Å². The number of hydrogen-bond acceptors (Lipinski definition) is 13. The summed E-state index contributed by atoms with van der Waals surface area (Å²) in [6.45, 7) is 3.40. The first kappa shape index (κ1) is 38.7. The molecule has 52 heavy (non-hydrogen) atoms. The van der Waals surface area contributed by atoms with Crippen LogP contribution in [0.2, 0.25) is 0 Å². The van der Waals surface area contributed by atoms with Gasteiger partial charge in [0.25, 0.3) is 0 Å². The summed E-state index contributed by atoms with van der Waals surface area (Å²) in [6, 6.07) is 20.6. The Morgan fingerprint density at radius 1 is 0.942 bits per heavy atom. The number of piperidine rings is 1. The molecular weight excluding hydrogens is 712 g/mol. The quantitative estimate of drug-likeness (QED) is 0.119. The van der Waals surface area contributed by atoms with E-state index in [4.69, 9.17) is 20.3 Å². The van der Waals surface area contributed by atoms with Crippen molar-refractivity contribution in [1.82, 2.24) is 14.5 Å². The minimum Gasteiger partial charge on any atom is -0.508 e. The number of aromatic hydroxyl groups is 2. The number of thiophene rings is 1. The Morgan fingerprint density at radius 2 is 1.63 bits per heavy atom. The lowest BCUT2D eigenvalue weighted by molar-refractivity contribution is -0.0549. The maximum atomic E-state index is 13.6. The van der Waals surface area contributed by atoms with Crippen LogP contribution in [0.3, 0.4) is 0 Å². The molecule has 13 nitrogen and oxygen atoms in total. The van der Waals surface area contributed by atoms with Crippen molar-refractivity contribution in [1.29, 1.82) is 0 Å². The molecule has 5 aromatic rings. The molecule has 15 heteroatoms. The van der Waals surface area contributed by atoms with Gasteiger partial charge in [-0.15, -0.1) is 23.7 Å². The number of ketones is 1. The predicted octanol–water partition coefficient (Wildman–Crippen LogP) is 3.93. The second-order valence-electron chi connectivity index (χ2n) is 12.4. The highest BCUT2D eigenvalue weighted by atomic mass is 35.5. The molecule has 2 saturated heterocycles. The molecule has 0 spiro atoms. The fourth-order valence-corrected chi connectivity index (χ4v) is 7.42. The molecule has 0 aliphatic carbocycles. The number of phenols is 2. The number of carbonyl (C=O) groups excluding carboxylic acids is 1. The third-order valence-corrected chi connectivity index (χ3v) is 10.1. The number of ether oxygens (including phenoxy) is 2. The van der Waals surface area contributed by atoms with Crippen molar-refractivity contribution >= 4 is 45.4 Å². The lowest BCUT2D eigenvalue weighted by Gasteiger charge is -2.26. The van der Waals surface area contributed by atoms with Crippen molar-refractivity contribution in [2.24, 2.45) is 0 Å². The molecule has 0 bridgehead atoms. The number of benzene rings is 3. The van der Waals surface area contributed by atoms with Gasteiger partial charge in [-0.25, -0.2) is 4.79 Å². The number of carbonyl (C=O) groups is 1. The molecule has 0 saturated carbocycles. The highest BCUT2D eigenvalue weighted by molar-refractivity contribution is 7.22. The van der Waals surface area contributed by atoms with Gasteiger partial charge in [-0.2, -0.15) is 4.98 Å². The second kappa shape index (κ2) is 17.3. The molecule has 7 rings (SSSR count). The smallest absolute Gasteiger partial charge is 0.351 e. The van der Waals surface area contributed by atoms with E-state index < -0.39 is 36.8 Å². The highest BCUT2D eigenvalue weighted by Crippen LogP contribution is 2.41. The normalized spacial score (nSPS) is 20.1. The number of nitrogen functional groups attached to an aromatic ring is 1. The molecule has 0 amide bonds. The molecule has 4 atom stereocenters. The zero-order valence-corrected chi connectivity index (χ0v) is 29.7. The number of anilines is 1. The fourth-order valence-electron chi connectivity index (χ4n) is 6.18. The Balaban J connectivity index is 0.000000245. The zero-order chi connectivity index (χ0) is 36.1. The molecule has 0 radical (unpaired) electrons. The first-order valence-electron chi connectivity index (χ1n) is 16.6. The molecular formula is C37H41ClN4O9S. The lowest BCUT2D eigenvalue weighted by Crippen LogP contribution is -2.36. The van der Waals surface area contributed by atoms with E-state index in [1.807, 2.05) is 24.3 Å². The summed E-state index contributed by atoms with van der Waals surface area (Å²) < 4.78 is 12.9. The third kappa shape index (κ3) is 8.73. The Morgan fingerprint density at radius 3 is 2.29 bits per heavy atom. The standard InChI is InChI=1S/C28H27NO4S.C9H13N3O5.ClH/c30-21-8-4-20(5-9-21)28-26(24-13-10-22(31)18-25(24)34-28)27(32)19-6-11-23(12-7-19)33-17-16-29-14-2-1-3-15-29;10-5-1-2-12(9(16)11-5)8-7(15)6(14)4(3-13)17-8;/h4-13,18,30-31H,1-3,14-17H2;1-2,4,6-8,13-15H,3H2,(H2,10,11,16);1H/t;4-,6-,7+,8-;/m.1./s1. The molecule has 7 N–H and O–H groups in total. The van der Waals surface area contributed by atoms with Gasteiger partial charge < -0.3 is 40.7 Å². The number of nitrogens with zero attached hydrogens (tertiary/aromatic N) is 3. The number of hydrogen-bond donors (Lipinski definition) is 6. The number of aliphatic hydroxyl groups excluding tert-OH is 3. The van der Waals surface area contributed by atoms with Crippen LogP contribution >= 0.6 is 23.7 Å². The van der Waals surface area contributed by atoms with Gasteiger partial charge in [0, 0.05) is 38.8 Å². The Hall–Kier alpha value is -4.54. The number of halogens is 1. The number of likely N-dealkylation sites (tertiary alicyclic amines) is 1. The lowest BCUT2D eigenvalue weighted by atomic mass is 9.97. The van der Waals surface area contributed by atoms with E-state index in [-0.39, 0.29) is 35.5 Å². The van der Waals surface area contributed by atoms with E-state index in [0.29, 0.717) is 17.7 Å². The van der Waals surface area contributed by atoms with E-state index in [9.17, 15) is 30.0 Å². The summed E-state index contributed by atoms with van der Waals surface area (Å²) in [4.78, 5) is 31.9. The van der Waals surface area contributed by atoms with E-state index in [0.717, 1.165) is 50.5 Å². The van der Waals surface area contributed by atoms with Gasteiger partial charge in [0.05, 0.1) is 6.61 Å². The van der Waals surface area contributed by atoms with Crippen LogP contribution in [0.15, 0.2) is 83.8 Å². The van der Waals surface area contributed by atoms with Gasteiger partial charge >= 0.3 is 5.69 Å². The average Bonchev–Trinajstić information content (AvgIpc) is 3.65. The molecule has 2 aliphatic rings. The summed E-state index contributed by atoms with van der Waals surface area (Å²) in [6.07, 6.45) is 0.582. The van der Waals surface area contributed by atoms with Crippen LogP contribution in [0.4, 0.5) is 5.82 Å². The van der Waals surface area contributed by atoms with Gasteiger partial charge in [0.2, 0.25) is 0 Å². The number of rotatable bonds is 9. The Kier molecular flexibility index (Phi) is 12.9. The molecule has 2 fully saturated rings. The van der Waals surface area contributed by atoms with E-state index in [1.54, 1.807) is 42.5 Å². The van der Waals surface area contributed by atoms with Crippen LogP contribution < -0.4 is 16.2 Å². The minimum atomic E-state index is -1.31. The van der Waals surface area contributed by atoms with E-state index in [2.05, 4.69) is 9.88 Å². The summed E-state index contributed by atoms with van der Waals surface area (Å²) in [5.74, 6) is 1.06. The Bertz CT molecular complexity index is 2020. The summed E-state index contributed by atoms with van der Waals surface area (Å²) in [5.41, 5.74) is 6.66. The topological polar surface area (TPSA) is 201 Å². The van der Waals surface area contributed by atoms with Gasteiger partial charge in [-0.1, -0.05) is 6.42 Å². The molecule has 2 aliphatic heterocycles. The van der Waals surface area contributed by atoms with E-state index in [1.165, 1.54) is 42.9 Å². The summed E-state index contributed by atoms with van der Waals surface area (Å²) in [5, 5.41) is 48.6. The number of aliphatic hydroxyl groups is 3. The van der Waals surface area contributed by atoms with Crippen LogP contribution in [-0.4, -0.2) is 96.9 Å². The van der Waals surface area contributed by atoms with Gasteiger partial charge in [0.15, 0.2) is 12.0 Å². The van der Waals surface area contributed by atoms with Crippen LogP contribution in [0.5, 0.6) is 17.2 Å². The molecule has 3 aromatic carbocycles. The van der Waals surface area contributed by atoms with Crippen LogP contribution in [0.1, 0.15) is 41.4 Å². The number of nitrogens with two attached hydrogens (primary N) is 1. The van der Waals surface area contributed by atoms with Crippen LogP contribution in [0, 0.1) is 0 Å². The maximum Gasteiger partial charge on any atom is 0.351 e. The molecule has 2 aromatic heterocycles. The van der Waals surface area contributed by atoms with Gasteiger partial charge in [-0.05, 0) is 104 Å². The van der Waals surface area contributed by atoms with Gasteiger partial charge in [-0.3, -0.25) is 14.3 Å². The van der Waals surface area contributed by atoms with Crippen molar-refractivity contribution in [2.45, 2.75) is 43.8 Å². The second-order valence-corrected chi connectivity index (χ2v) is 13.5. The molecule has 4 heterocycles. The van der Waals surface area contributed by atoms with Crippen molar-refractivity contribution in [2.75, 3.05) is 38.6 Å². The largest absolute Gasteiger partial charge is 0.508 e. The maximum absolute atomic E-state index is 13.6. The summed E-state index contributed by atoms with van der Waals surface area (Å²) >= 11 is 1.46. The third-order valence-electron chi connectivity index (χ3n) is 8.91. The minimum absolute atomic E-state index is 0. The predicted molar refractivity (Wildman–Crippen MR) is 199 cm³/mol. The van der Waals surface area contributed by atoms with Crippen molar-refractivity contribution in [3.8, 4) is 27.7 Å². The molecule has 0 unspecified atom stereocenters. The fraction of sp³-hybridized carbons (Fsp3) is 0.324. The number of aromatic nitrogens is 2. The van der Waals surface area contributed by atoms with Crippen molar-refractivity contribution in [3.63, 3.8) is 0 Å². The van der Waals surface area contributed by atoms with Gasteiger partial charge in [0.1, 0.15) is 48.0 Å². The van der Waals surface area contributed by atoms with Crippen LogP contribution in [-0.2, 0) is 4.74 Å². The first-order chi connectivity index (χ1) is 24.6. The molecule has 276 valence electrons. The SMILES string of the molecule is Cl.Nc1ccn([C@@H]2O[C@H](CO)[C@@H](O)[C@@H]2O)c(=O)n1.O=C(c1ccc(OCCN2CCCCC2)cc1)c1c(-c2ccc(O)cc2)sc2cc(O)ccc12. The highest BCUT2D eigenvalue weighted by Gasteiger charge is 2.43. The van der Waals surface area contributed by atoms with Crippen molar-refractivity contribution < 1.29 is 39.8 Å².